The zero-order valence-corrected chi connectivity index (χ0v) is 43.2. The first kappa shape index (κ1) is 43.1. The second-order valence-corrected chi connectivity index (χ2v) is 24.6. The van der Waals surface area contributed by atoms with Crippen LogP contribution in [0.1, 0.15) is 103 Å². The third-order valence-corrected chi connectivity index (χ3v) is 18.3. The molecule has 356 valence electrons. The topological polar surface area (TPSA) is 43.2 Å². The molecule has 12 aromatic rings. The Morgan fingerprint density at radius 2 is 1.00 bits per heavy atom. The molecule has 0 unspecified atom stereocenters. The fraction of sp³-hybridized carbons (Fsp3) is 0.235. The van der Waals surface area contributed by atoms with Crippen molar-refractivity contribution >= 4 is 106 Å². The van der Waals surface area contributed by atoms with Crippen LogP contribution in [0, 0.1) is 0 Å². The summed E-state index contributed by atoms with van der Waals surface area (Å²) in [5.74, 6) is 0. The van der Waals surface area contributed by atoms with E-state index in [1.807, 2.05) is 0 Å². The quantitative estimate of drug-likeness (QED) is 0.179. The van der Waals surface area contributed by atoms with Gasteiger partial charge in [-0.2, -0.15) is 0 Å². The number of nitrogens with zero attached hydrogens (tertiary/aromatic N) is 1. The van der Waals surface area contributed by atoms with Gasteiger partial charge in [0.15, 0.2) is 12.9 Å². The van der Waals surface area contributed by atoms with Crippen LogP contribution in [0.25, 0.3) is 104 Å². The van der Waals surface area contributed by atoms with Crippen molar-refractivity contribution < 1.29 is 8.83 Å². The van der Waals surface area contributed by atoms with Crippen molar-refractivity contribution in [2.24, 2.45) is 0 Å². The molecule has 0 amide bonds. The molecular weight excluding hydrogens is 888 g/mol. The van der Waals surface area contributed by atoms with E-state index < -0.39 is 0 Å². The fourth-order valence-electron chi connectivity index (χ4n) is 13.9. The third kappa shape index (κ3) is 6.09. The maximum absolute atomic E-state index is 7.48. The molecule has 2 aliphatic carbocycles. The molecule has 15 rings (SSSR count). The van der Waals surface area contributed by atoms with Crippen molar-refractivity contribution in [2.75, 3.05) is 5.32 Å². The highest BCUT2D eigenvalue weighted by molar-refractivity contribution is 6.73. The largest absolute Gasteiger partial charge is 0.455 e. The summed E-state index contributed by atoms with van der Waals surface area (Å²) in [6.07, 6.45) is 4.60. The number of benzene rings is 9. The predicted molar refractivity (Wildman–Crippen MR) is 310 cm³/mol. The number of aromatic nitrogens is 1. The van der Waals surface area contributed by atoms with Crippen LogP contribution >= 0.6 is 0 Å². The molecule has 3 aromatic heterocycles. The van der Waals surface area contributed by atoms with Gasteiger partial charge in [-0.1, -0.05) is 158 Å². The van der Waals surface area contributed by atoms with E-state index in [4.69, 9.17) is 8.83 Å². The Kier molecular flexibility index (Phi) is 8.62. The summed E-state index contributed by atoms with van der Waals surface area (Å²) in [6, 6.07) is 57.1. The average Bonchev–Trinajstić information content (AvgIpc) is 4.07. The van der Waals surface area contributed by atoms with Gasteiger partial charge >= 0.3 is 0 Å². The molecule has 9 aromatic carbocycles. The first-order chi connectivity index (χ1) is 35.1. The Labute approximate surface area is 427 Å². The van der Waals surface area contributed by atoms with Gasteiger partial charge in [-0.15, -0.1) is 0 Å². The Hall–Kier alpha value is -7.50. The van der Waals surface area contributed by atoms with Gasteiger partial charge in [0.2, 0.25) is 0 Å². The smallest absolute Gasteiger partial charge is 0.198 e. The lowest BCUT2D eigenvalue weighted by molar-refractivity contribution is 0.332. The van der Waals surface area contributed by atoms with Crippen molar-refractivity contribution in [1.82, 2.24) is 4.57 Å². The molecule has 0 fully saturated rings. The molecule has 0 radical (unpaired) electrons. The first-order valence-corrected chi connectivity index (χ1v) is 26.6. The van der Waals surface area contributed by atoms with E-state index >= 15 is 0 Å². The number of anilines is 2. The van der Waals surface area contributed by atoms with E-state index in [0.29, 0.717) is 0 Å². The van der Waals surface area contributed by atoms with Crippen molar-refractivity contribution in [3.05, 3.63) is 174 Å². The second-order valence-electron chi connectivity index (χ2n) is 24.6. The number of nitrogens with one attached hydrogen (secondary N) is 1. The summed E-state index contributed by atoms with van der Waals surface area (Å²) < 4.78 is 17.2. The van der Waals surface area contributed by atoms with Gasteiger partial charge in [0.25, 0.3) is 0 Å². The predicted octanol–water partition coefficient (Wildman–Crippen LogP) is 17.2. The molecular formula is C68H59BN2O2. The molecule has 0 spiro atoms. The normalized spacial score (nSPS) is 17.1. The Morgan fingerprint density at radius 3 is 1.70 bits per heavy atom. The molecule has 3 aliphatic rings. The van der Waals surface area contributed by atoms with Crippen LogP contribution in [0.5, 0.6) is 0 Å². The summed E-state index contributed by atoms with van der Waals surface area (Å²) in [7, 11) is 0.772. The molecule has 4 heterocycles. The molecule has 1 N–H and O–H groups in total. The van der Waals surface area contributed by atoms with Crippen molar-refractivity contribution in [1.29, 1.82) is 0 Å². The van der Waals surface area contributed by atoms with Crippen LogP contribution in [-0.2, 0) is 21.7 Å². The summed E-state index contributed by atoms with van der Waals surface area (Å²) >= 11 is 0. The fourth-order valence-corrected chi connectivity index (χ4v) is 13.9. The van der Waals surface area contributed by atoms with Gasteiger partial charge in [-0.25, -0.2) is 0 Å². The number of hydrogen-bond donors (Lipinski definition) is 1. The SMILES string of the molecule is CC1(C)CCC(C)(C)c2cc3c(cc21)oc1c(Nc2ccc4c(oc5cc6c(cc54)C(C)(C)CCC6(C)C)c2-c2cc(-c4ccccc4)cc4c2Bc2cccc5c6ccc7ccccc7c6n-4c25)cccc13. The van der Waals surface area contributed by atoms with Gasteiger partial charge in [0.05, 0.1) is 16.9 Å². The number of furan rings is 2. The van der Waals surface area contributed by atoms with E-state index in [1.54, 1.807) is 0 Å². The first-order valence-electron chi connectivity index (χ1n) is 26.6. The molecule has 0 bridgehead atoms. The Morgan fingerprint density at radius 1 is 0.438 bits per heavy atom. The van der Waals surface area contributed by atoms with Gasteiger partial charge < -0.3 is 18.7 Å². The zero-order valence-electron chi connectivity index (χ0n) is 43.2. The lowest BCUT2D eigenvalue weighted by Crippen LogP contribution is -2.37. The molecule has 1 aliphatic heterocycles. The number of hydrogen-bond acceptors (Lipinski definition) is 3. The van der Waals surface area contributed by atoms with Crippen LogP contribution in [0.4, 0.5) is 11.4 Å². The zero-order chi connectivity index (χ0) is 49.5. The van der Waals surface area contributed by atoms with Crippen LogP contribution in [0.2, 0.25) is 0 Å². The average molecular weight is 947 g/mol. The highest BCUT2D eigenvalue weighted by Gasteiger charge is 2.40. The van der Waals surface area contributed by atoms with E-state index in [1.165, 1.54) is 87.8 Å². The molecule has 5 heteroatoms. The standard InChI is InChI=1S/C68H59BN2O2/c1-65(2)28-30-67(5,6)51-36-57-46(34-49(51)65)44-21-15-23-55(63(44)72-57)70-54-27-26-45-47-35-50-52(68(7,8)31-29-66(50,3)4)37-58(47)73-64(45)59(54)48-32-40(38-16-10-9-11-17-38)33-56-60(48)69-53-22-14-20-42-43-25-24-39-18-12-13-19-41(39)61(43)71(56)62(42)53/h9-27,32-37,69-70H,28-31H2,1-8H3. The molecule has 73 heavy (non-hydrogen) atoms. The highest BCUT2D eigenvalue weighted by Crippen LogP contribution is 2.52. The minimum absolute atomic E-state index is 0.0368. The molecule has 4 nitrogen and oxygen atoms in total. The van der Waals surface area contributed by atoms with Gasteiger partial charge in [-0.05, 0) is 152 Å². The monoisotopic (exact) mass is 946 g/mol. The van der Waals surface area contributed by atoms with Crippen LogP contribution < -0.4 is 16.2 Å². The maximum atomic E-state index is 7.48. The van der Waals surface area contributed by atoms with Gasteiger partial charge in [0, 0.05) is 54.5 Å². The van der Waals surface area contributed by atoms with Gasteiger partial charge in [0.1, 0.15) is 16.7 Å². The molecule has 0 saturated heterocycles. The summed E-state index contributed by atoms with van der Waals surface area (Å²) in [4.78, 5) is 0. The summed E-state index contributed by atoms with van der Waals surface area (Å²) in [5, 5.41) is 13.7. The second kappa shape index (κ2) is 14.6. The summed E-state index contributed by atoms with van der Waals surface area (Å²) in [6.45, 7) is 19.2. The van der Waals surface area contributed by atoms with Crippen molar-refractivity contribution in [3.63, 3.8) is 0 Å². The number of rotatable bonds is 4. The minimum Gasteiger partial charge on any atom is -0.455 e. The number of fused-ring (bicyclic) bond motifs is 15. The van der Waals surface area contributed by atoms with E-state index in [0.717, 1.165) is 94.1 Å². The van der Waals surface area contributed by atoms with E-state index in [9.17, 15) is 0 Å². The Bertz CT molecular complexity index is 4380. The van der Waals surface area contributed by atoms with E-state index in [2.05, 4.69) is 217 Å². The lowest BCUT2D eigenvalue weighted by Gasteiger charge is -2.41. The Balaban J connectivity index is 1.04. The van der Waals surface area contributed by atoms with Crippen LogP contribution in [-0.4, -0.2) is 11.8 Å². The third-order valence-electron chi connectivity index (χ3n) is 18.3. The molecule has 0 atom stereocenters. The molecule has 0 saturated carbocycles. The maximum Gasteiger partial charge on any atom is 0.198 e. The van der Waals surface area contributed by atoms with Crippen molar-refractivity contribution in [3.8, 4) is 27.9 Å². The van der Waals surface area contributed by atoms with E-state index in [-0.39, 0.29) is 21.7 Å². The van der Waals surface area contributed by atoms with Gasteiger partial charge in [-0.3, -0.25) is 0 Å². The summed E-state index contributed by atoms with van der Waals surface area (Å²) in [5.41, 5.74) is 22.4. The van der Waals surface area contributed by atoms with Crippen LogP contribution in [0.15, 0.2) is 160 Å². The lowest BCUT2D eigenvalue weighted by atomic mass is 9.58. The van der Waals surface area contributed by atoms with Crippen molar-refractivity contribution in [2.45, 2.75) is 103 Å². The number of para-hydroxylation sites is 2. The minimum atomic E-state index is 0.0368. The van der Waals surface area contributed by atoms with Crippen LogP contribution in [0.3, 0.4) is 0 Å². The highest BCUT2D eigenvalue weighted by atomic mass is 16.3.